The van der Waals surface area contributed by atoms with Gasteiger partial charge in [0.1, 0.15) is 0 Å². The standard InChI is InChI=1S/C21H15N3.C6H6/c1-4-10-16(11-5-1)19-22-20(17-12-6-2-7-13-17)24-21(23-19)18-14-8-3-9-15-18;1-2-4-6-5-3-1/h1-15H;1-6H. The zero-order valence-electron chi connectivity index (χ0n) is 16.5. The molecule has 0 spiro atoms. The fourth-order valence-electron chi connectivity index (χ4n) is 2.91. The second kappa shape index (κ2) is 9.89. The molecule has 0 saturated carbocycles. The molecule has 5 aromatic rings. The van der Waals surface area contributed by atoms with Crippen LogP contribution >= 0.6 is 0 Å². The Bertz CT molecular complexity index is 994. The molecule has 0 aliphatic rings. The Morgan fingerprint density at radius 2 is 0.467 bits per heavy atom. The van der Waals surface area contributed by atoms with Gasteiger partial charge in [0.05, 0.1) is 0 Å². The molecule has 3 heteroatoms. The number of benzene rings is 4. The highest BCUT2D eigenvalue weighted by Crippen LogP contribution is 2.24. The quantitative estimate of drug-likeness (QED) is 0.352. The molecule has 1 heterocycles. The Kier molecular flexibility index (Phi) is 6.34. The molecule has 0 amide bonds. The second-order valence-corrected chi connectivity index (χ2v) is 6.56. The van der Waals surface area contributed by atoms with Crippen molar-refractivity contribution in [3.8, 4) is 34.2 Å². The van der Waals surface area contributed by atoms with Crippen molar-refractivity contribution in [2.45, 2.75) is 0 Å². The van der Waals surface area contributed by atoms with Crippen LogP contribution in [0.1, 0.15) is 0 Å². The third-order valence-electron chi connectivity index (χ3n) is 4.40. The molecule has 0 bridgehead atoms. The summed E-state index contributed by atoms with van der Waals surface area (Å²) in [5.74, 6) is 2.05. The van der Waals surface area contributed by atoms with Crippen LogP contribution in [0.3, 0.4) is 0 Å². The minimum atomic E-state index is 0.684. The maximum atomic E-state index is 4.68. The van der Waals surface area contributed by atoms with E-state index in [1.807, 2.05) is 127 Å². The van der Waals surface area contributed by atoms with Crippen molar-refractivity contribution in [1.82, 2.24) is 15.0 Å². The summed E-state index contributed by atoms with van der Waals surface area (Å²) >= 11 is 0. The van der Waals surface area contributed by atoms with Gasteiger partial charge >= 0.3 is 0 Å². The molecule has 3 nitrogen and oxygen atoms in total. The molecule has 1 aromatic heterocycles. The van der Waals surface area contributed by atoms with Gasteiger partial charge in [-0.1, -0.05) is 127 Å². The first-order valence-corrected chi connectivity index (χ1v) is 9.82. The Hall–Kier alpha value is -4.11. The molecular formula is C27H21N3. The third kappa shape index (κ3) is 5.03. The van der Waals surface area contributed by atoms with Gasteiger partial charge in [0.15, 0.2) is 17.5 Å². The van der Waals surface area contributed by atoms with Gasteiger partial charge < -0.3 is 0 Å². The van der Waals surface area contributed by atoms with Gasteiger partial charge in [-0.05, 0) is 0 Å². The molecular weight excluding hydrogens is 366 g/mol. The van der Waals surface area contributed by atoms with Gasteiger partial charge in [-0.3, -0.25) is 0 Å². The summed E-state index contributed by atoms with van der Waals surface area (Å²) in [4.78, 5) is 14.0. The predicted molar refractivity (Wildman–Crippen MR) is 123 cm³/mol. The van der Waals surface area contributed by atoms with Crippen molar-refractivity contribution in [1.29, 1.82) is 0 Å². The maximum absolute atomic E-state index is 4.68. The SMILES string of the molecule is c1ccc(-c2nc(-c3ccccc3)nc(-c3ccccc3)n2)cc1.c1ccccc1. The largest absolute Gasteiger partial charge is 0.208 e. The van der Waals surface area contributed by atoms with Crippen molar-refractivity contribution in [2.75, 3.05) is 0 Å². The molecule has 144 valence electrons. The lowest BCUT2D eigenvalue weighted by atomic mass is 10.1. The van der Waals surface area contributed by atoms with Crippen LogP contribution in [0.4, 0.5) is 0 Å². The lowest BCUT2D eigenvalue weighted by Gasteiger charge is -2.08. The molecule has 5 rings (SSSR count). The van der Waals surface area contributed by atoms with E-state index in [1.54, 1.807) is 0 Å². The zero-order valence-corrected chi connectivity index (χ0v) is 16.5. The number of aromatic nitrogens is 3. The van der Waals surface area contributed by atoms with Crippen LogP contribution in [-0.4, -0.2) is 15.0 Å². The summed E-state index contributed by atoms with van der Waals surface area (Å²) in [6.45, 7) is 0. The Balaban J connectivity index is 0.000000313. The van der Waals surface area contributed by atoms with Crippen molar-refractivity contribution in [3.05, 3.63) is 127 Å². The van der Waals surface area contributed by atoms with E-state index in [4.69, 9.17) is 0 Å². The highest BCUT2D eigenvalue weighted by atomic mass is 15.0. The molecule has 0 N–H and O–H groups in total. The molecule has 0 radical (unpaired) electrons. The minimum absolute atomic E-state index is 0.684. The number of nitrogens with zero attached hydrogens (tertiary/aromatic N) is 3. The van der Waals surface area contributed by atoms with Crippen LogP contribution < -0.4 is 0 Å². The Morgan fingerprint density at radius 3 is 0.700 bits per heavy atom. The minimum Gasteiger partial charge on any atom is -0.208 e. The van der Waals surface area contributed by atoms with Crippen molar-refractivity contribution < 1.29 is 0 Å². The van der Waals surface area contributed by atoms with Crippen LogP contribution in [0.25, 0.3) is 34.2 Å². The van der Waals surface area contributed by atoms with E-state index < -0.39 is 0 Å². The van der Waals surface area contributed by atoms with Crippen LogP contribution in [0.5, 0.6) is 0 Å². The van der Waals surface area contributed by atoms with Crippen LogP contribution in [0.15, 0.2) is 127 Å². The first kappa shape index (κ1) is 19.2. The smallest absolute Gasteiger partial charge is 0.164 e. The second-order valence-electron chi connectivity index (χ2n) is 6.56. The molecule has 0 aliphatic carbocycles. The van der Waals surface area contributed by atoms with Gasteiger partial charge in [-0.25, -0.2) is 15.0 Å². The van der Waals surface area contributed by atoms with Gasteiger partial charge in [0, 0.05) is 16.7 Å². The van der Waals surface area contributed by atoms with Gasteiger partial charge in [0.25, 0.3) is 0 Å². The fraction of sp³-hybridized carbons (Fsp3) is 0. The van der Waals surface area contributed by atoms with E-state index in [2.05, 4.69) is 15.0 Å². The number of hydrogen-bond donors (Lipinski definition) is 0. The van der Waals surface area contributed by atoms with Crippen LogP contribution in [0.2, 0.25) is 0 Å². The van der Waals surface area contributed by atoms with E-state index >= 15 is 0 Å². The molecule has 30 heavy (non-hydrogen) atoms. The molecule has 4 aromatic carbocycles. The van der Waals surface area contributed by atoms with E-state index in [1.165, 1.54) is 0 Å². The van der Waals surface area contributed by atoms with Gasteiger partial charge in [0.2, 0.25) is 0 Å². The summed E-state index contributed by atoms with van der Waals surface area (Å²) in [6.07, 6.45) is 0. The van der Waals surface area contributed by atoms with Gasteiger partial charge in [-0.2, -0.15) is 0 Å². The van der Waals surface area contributed by atoms with Gasteiger partial charge in [-0.15, -0.1) is 0 Å². The van der Waals surface area contributed by atoms with Crippen LogP contribution in [0, 0.1) is 0 Å². The first-order valence-electron chi connectivity index (χ1n) is 9.82. The lowest BCUT2D eigenvalue weighted by molar-refractivity contribution is 1.07. The lowest BCUT2D eigenvalue weighted by Crippen LogP contribution is -1.99. The highest BCUT2D eigenvalue weighted by molar-refractivity contribution is 5.66. The van der Waals surface area contributed by atoms with E-state index in [0.29, 0.717) is 17.5 Å². The van der Waals surface area contributed by atoms with E-state index in [9.17, 15) is 0 Å². The Labute approximate surface area is 176 Å². The van der Waals surface area contributed by atoms with Crippen LogP contribution in [-0.2, 0) is 0 Å². The molecule has 0 aliphatic heterocycles. The summed E-state index contributed by atoms with van der Waals surface area (Å²) in [7, 11) is 0. The highest BCUT2D eigenvalue weighted by Gasteiger charge is 2.11. The monoisotopic (exact) mass is 387 g/mol. The Morgan fingerprint density at radius 1 is 0.267 bits per heavy atom. The summed E-state index contributed by atoms with van der Waals surface area (Å²) in [6, 6.07) is 42.0. The third-order valence-corrected chi connectivity index (χ3v) is 4.40. The van der Waals surface area contributed by atoms with Crippen molar-refractivity contribution in [2.24, 2.45) is 0 Å². The summed E-state index contributed by atoms with van der Waals surface area (Å²) in [5.41, 5.74) is 2.94. The number of hydrogen-bond acceptors (Lipinski definition) is 3. The average molecular weight is 387 g/mol. The summed E-state index contributed by atoms with van der Waals surface area (Å²) in [5, 5.41) is 0. The van der Waals surface area contributed by atoms with Crippen molar-refractivity contribution >= 4 is 0 Å². The molecule has 0 fully saturated rings. The number of rotatable bonds is 3. The average Bonchev–Trinajstić information content (AvgIpc) is 2.87. The molecule has 0 unspecified atom stereocenters. The normalized spacial score (nSPS) is 10.0. The molecule has 0 saturated heterocycles. The van der Waals surface area contributed by atoms with Crippen molar-refractivity contribution in [3.63, 3.8) is 0 Å². The first-order chi connectivity index (χ1) is 14.9. The topological polar surface area (TPSA) is 38.7 Å². The van der Waals surface area contributed by atoms with E-state index in [0.717, 1.165) is 16.7 Å². The summed E-state index contributed by atoms with van der Waals surface area (Å²) < 4.78 is 0. The fourth-order valence-corrected chi connectivity index (χ4v) is 2.91. The maximum Gasteiger partial charge on any atom is 0.164 e. The molecule has 0 atom stereocenters. The predicted octanol–water partition coefficient (Wildman–Crippen LogP) is 6.56. The van der Waals surface area contributed by atoms with E-state index in [-0.39, 0.29) is 0 Å². The zero-order chi connectivity index (χ0) is 20.4.